The summed E-state index contributed by atoms with van der Waals surface area (Å²) in [6.07, 6.45) is 3.69. The van der Waals surface area contributed by atoms with Gasteiger partial charge in [0.25, 0.3) is 0 Å². The van der Waals surface area contributed by atoms with Crippen molar-refractivity contribution < 1.29 is 9.90 Å². The predicted molar refractivity (Wildman–Crippen MR) is 44.8 cm³/mol. The molecule has 0 saturated heterocycles. The summed E-state index contributed by atoms with van der Waals surface area (Å²) in [6.45, 7) is 2.65. The average Bonchev–Trinajstić information content (AvgIpc) is 2.43. The summed E-state index contributed by atoms with van der Waals surface area (Å²) >= 11 is 0. The fourth-order valence-electron chi connectivity index (χ4n) is 1.53. The molecule has 0 bridgehead atoms. The molecule has 62 valence electrons. The van der Waals surface area contributed by atoms with Crippen LogP contribution in [0, 0.1) is 6.92 Å². The van der Waals surface area contributed by atoms with Gasteiger partial charge in [-0.15, -0.1) is 0 Å². The molecule has 0 aliphatic carbocycles. The predicted octanol–water partition coefficient (Wildman–Crippen LogP) is 1.28. The Morgan fingerprint density at radius 2 is 2.42 bits per heavy atom. The molecule has 0 unspecified atom stereocenters. The zero-order chi connectivity index (χ0) is 8.72. The number of hydrogen-bond acceptors (Lipinski definition) is 1. The second-order valence-corrected chi connectivity index (χ2v) is 2.98. The lowest BCUT2D eigenvalue weighted by molar-refractivity contribution is -0.130. The SMILES string of the molecule is Cc1cc2n(c1)CC=C2C(=O)O. The third-order valence-electron chi connectivity index (χ3n) is 2.03. The molecule has 1 N–H and O–H groups in total. The van der Waals surface area contributed by atoms with Gasteiger partial charge in [0.1, 0.15) is 0 Å². The van der Waals surface area contributed by atoms with Crippen LogP contribution in [0.4, 0.5) is 0 Å². The number of nitrogens with zero attached hydrogens (tertiary/aromatic N) is 1. The topological polar surface area (TPSA) is 42.2 Å². The van der Waals surface area contributed by atoms with Crippen molar-refractivity contribution in [1.29, 1.82) is 0 Å². The third-order valence-corrected chi connectivity index (χ3v) is 2.03. The van der Waals surface area contributed by atoms with Crippen LogP contribution in [0.5, 0.6) is 0 Å². The van der Waals surface area contributed by atoms with Gasteiger partial charge in [0.2, 0.25) is 0 Å². The molecule has 0 spiro atoms. The first-order valence-corrected chi connectivity index (χ1v) is 3.79. The molecule has 1 aromatic rings. The maximum absolute atomic E-state index is 10.7. The van der Waals surface area contributed by atoms with Gasteiger partial charge in [-0.3, -0.25) is 0 Å². The van der Waals surface area contributed by atoms with Gasteiger partial charge in [-0.1, -0.05) is 0 Å². The zero-order valence-electron chi connectivity index (χ0n) is 6.74. The third kappa shape index (κ3) is 0.863. The van der Waals surface area contributed by atoms with Gasteiger partial charge >= 0.3 is 5.97 Å². The van der Waals surface area contributed by atoms with Crippen molar-refractivity contribution in [3.63, 3.8) is 0 Å². The fourth-order valence-corrected chi connectivity index (χ4v) is 1.53. The van der Waals surface area contributed by atoms with Gasteiger partial charge in [0.05, 0.1) is 11.3 Å². The molecule has 2 rings (SSSR count). The van der Waals surface area contributed by atoms with E-state index in [1.165, 1.54) is 0 Å². The molecule has 1 aliphatic rings. The molecule has 2 heterocycles. The Balaban J connectivity index is 2.50. The Hall–Kier alpha value is -1.51. The molecular weight excluding hydrogens is 154 g/mol. The number of aromatic nitrogens is 1. The van der Waals surface area contributed by atoms with Crippen molar-refractivity contribution in [1.82, 2.24) is 4.57 Å². The number of fused-ring (bicyclic) bond motifs is 1. The molecule has 0 amide bonds. The lowest BCUT2D eigenvalue weighted by Gasteiger charge is -1.95. The summed E-state index contributed by atoms with van der Waals surface area (Å²) in [6, 6.07) is 1.90. The van der Waals surface area contributed by atoms with E-state index in [4.69, 9.17) is 5.11 Å². The van der Waals surface area contributed by atoms with Crippen LogP contribution in [0.25, 0.3) is 5.57 Å². The summed E-state index contributed by atoms with van der Waals surface area (Å²) in [4.78, 5) is 10.7. The maximum atomic E-state index is 10.7. The monoisotopic (exact) mass is 163 g/mol. The van der Waals surface area contributed by atoms with Gasteiger partial charge < -0.3 is 9.67 Å². The summed E-state index contributed by atoms with van der Waals surface area (Å²) in [7, 11) is 0. The highest BCUT2D eigenvalue weighted by atomic mass is 16.4. The number of carbonyl (C=O) groups is 1. The van der Waals surface area contributed by atoms with Crippen LogP contribution in [-0.2, 0) is 11.3 Å². The highest BCUT2D eigenvalue weighted by Gasteiger charge is 2.19. The summed E-state index contributed by atoms with van der Waals surface area (Å²) in [5, 5.41) is 8.79. The van der Waals surface area contributed by atoms with E-state index >= 15 is 0 Å². The van der Waals surface area contributed by atoms with Crippen molar-refractivity contribution in [2.45, 2.75) is 13.5 Å². The van der Waals surface area contributed by atoms with Gasteiger partial charge in [-0.25, -0.2) is 4.79 Å². The number of carboxylic acid groups (broad SMARTS) is 1. The molecule has 0 fully saturated rings. The van der Waals surface area contributed by atoms with E-state index in [1.54, 1.807) is 6.08 Å². The van der Waals surface area contributed by atoms with E-state index in [0.717, 1.165) is 11.3 Å². The molecule has 12 heavy (non-hydrogen) atoms. The number of aliphatic carboxylic acids is 1. The minimum Gasteiger partial charge on any atom is -0.478 e. The highest BCUT2D eigenvalue weighted by Crippen LogP contribution is 2.23. The molecule has 0 saturated carbocycles. The molecule has 3 heteroatoms. The van der Waals surface area contributed by atoms with Crippen molar-refractivity contribution in [3.05, 3.63) is 29.6 Å². The molecule has 1 aliphatic heterocycles. The number of carboxylic acids is 1. The molecule has 0 aromatic carbocycles. The standard InChI is InChI=1S/C9H9NO2/c1-6-4-8-7(9(11)12)2-3-10(8)5-6/h2,4-5H,3H2,1H3,(H,11,12). The van der Waals surface area contributed by atoms with Gasteiger partial charge in [0.15, 0.2) is 0 Å². The second kappa shape index (κ2) is 2.24. The molecule has 3 nitrogen and oxygen atoms in total. The number of rotatable bonds is 1. The maximum Gasteiger partial charge on any atom is 0.337 e. The zero-order valence-corrected chi connectivity index (χ0v) is 6.74. The van der Waals surface area contributed by atoms with E-state index in [2.05, 4.69) is 0 Å². The largest absolute Gasteiger partial charge is 0.478 e. The first-order valence-electron chi connectivity index (χ1n) is 3.79. The quantitative estimate of drug-likeness (QED) is 0.677. The lowest BCUT2D eigenvalue weighted by Crippen LogP contribution is -1.98. The number of allylic oxidation sites excluding steroid dienone is 1. The van der Waals surface area contributed by atoms with Crippen LogP contribution in [-0.4, -0.2) is 15.6 Å². The van der Waals surface area contributed by atoms with E-state index in [0.29, 0.717) is 12.1 Å². The normalized spacial score (nSPS) is 14.2. The molecular formula is C9H9NO2. The van der Waals surface area contributed by atoms with E-state index < -0.39 is 5.97 Å². The Kier molecular flexibility index (Phi) is 1.33. The van der Waals surface area contributed by atoms with E-state index in [1.807, 2.05) is 23.8 Å². The van der Waals surface area contributed by atoms with Crippen molar-refractivity contribution in [2.24, 2.45) is 0 Å². The van der Waals surface area contributed by atoms with Gasteiger partial charge in [-0.2, -0.15) is 0 Å². The van der Waals surface area contributed by atoms with Gasteiger partial charge in [-0.05, 0) is 24.6 Å². The Morgan fingerprint density at radius 3 is 3.08 bits per heavy atom. The van der Waals surface area contributed by atoms with E-state index in [9.17, 15) is 4.79 Å². The Labute approximate surface area is 69.9 Å². The molecule has 1 aromatic heterocycles. The Bertz CT molecular complexity index is 374. The van der Waals surface area contributed by atoms with Crippen molar-refractivity contribution >= 4 is 11.5 Å². The van der Waals surface area contributed by atoms with Crippen LogP contribution < -0.4 is 0 Å². The molecule has 0 atom stereocenters. The van der Waals surface area contributed by atoms with Crippen LogP contribution >= 0.6 is 0 Å². The van der Waals surface area contributed by atoms with Crippen LogP contribution in [0.15, 0.2) is 18.3 Å². The summed E-state index contributed by atoms with van der Waals surface area (Å²) in [5.74, 6) is -0.841. The minimum absolute atomic E-state index is 0.420. The van der Waals surface area contributed by atoms with Crippen LogP contribution in [0.3, 0.4) is 0 Å². The minimum atomic E-state index is -0.841. The second-order valence-electron chi connectivity index (χ2n) is 2.98. The van der Waals surface area contributed by atoms with Crippen molar-refractivity contribution in [2.75, 3.05) is 0 Å². The first-order chi connectivity index (χ1) is 5.68. The van der Waals surface area contributed by atoms with Crippen LogP contribution in [0.1, 0.15) is 11.3 Å². The van der Waals surface area contributed by atoms with Crippen LogP contribution in [0.2, 0.25) is 0 Å². The fraction of sp³-hybridized carbons (Fsp3) is 0.222. The van der Waals surface area contributed by atoms with Gasteiger partial charge in [0, 0.05) is 12.7 Å². The van der Waals surface area contributed by atoms with Crippen molar-refractivity contribution in [3.8, 4) is 0 Å². The summed E-state index contributed by atoms with van der Waals surface area (Å²) < 4.78 is 1.94. The first kappa shape index (κ1) is 7.16. The smallest absolute Gasteiger partial charge is 0.337 e. The van der Waals surface area contributed by atoms with E-state index in [-0.39, 0.29) is 0 Å². The highest BCUT2D eigenvalue weighted by molar-refractivity contribution is 6.15. The lowest BCUT2D eigenvalue weighted by atomic mass is 10.2. The average molecular weight is 163 g/mol. The number of aryl methyl sites for hydroxylation is 1. The number of hydrogen-bond donors (Lipinski definition) is 1. The molecule has 0 radical (unpaired) electrons. The Morgan fingerprint density at radius 1 is 1.67 bits per heavy atom. The summed E-state index contributed by atoms with van der Waals surface area (Å²) in [5.41, 5.74) is 2.35.